The van der Waals surface area contributed by atoms with Crippen molar-refractivity contribution in [1.29, 1.82) is 0 Å². The van der Waals surface area contributed by atoms with Crippen LogP contribution in [0.15, 0.2) is 12.1 Å². The van der Waals surface area contributed by atoms with E-state index >= 15 is 0 Å². The first-order valence-electron chi connectivity index (χ1n) is 5.37. The molecule has 1 nitrogen and oxygen atoms in total. The first-order chi connectivity index (χ1) is 7.22. The molecule has 0 atom stereocenters. The van der Waals surface area contributed by atoms with Gasteiger partial charge in [0.05, 0.1) is 0 Å². The molecule has 0 unspecified atom stereocenters. The zero-order chi connectivity index (χ0) is 10.8. The van der Waals surface area contributed by atoms with Gasteiger partial charge >= 0.3 is 0 Å². The number of rotatable bonds is 2. The maximum absolute atomic E-state index is 5.48. The van der Waals surface area contributed by atoms with Crippen LogP contribution in [0.25, 0.3) is 6.08 Å². The molecule has 0 saturated carbocycles. The molecule has 0 spiro atoms. The van der Waals surface area contributed by atoms with Crippen molar-refractivity contribution >= 4 is 11.8 Å². The van der Waals surface area contributed by atoms with Crippen LogP contribution in [0.4, 0.5) is 0 Å². The van der Waals surface area contributed by atoms with Gasteiger partial charge in [-0.2, -0.15) is 6.07 Å². The summed E-state index contributed by atoms with van der Waals surface area (Å²) in [5.74, 6) is 0. The minimum absolute atomic E-state index is 0. The molecule has 1 heterocycles. The maximum atomic E-state index is 5.48. The van der Waals surface area contributed by atoms with E-state index < -0.39 is 0 Å². The van der Waals surface area contributed by atoms with Crippen LogP contribution < -0.4 is 0 Å². The van der Waals surface area contributed by atoms with E-state index in [9.17, 15) is 0 Å². The fraction of sp³-hybridized carbons (Fsp3) is 0.357. The molecule has 22 heteroatoms. The Bertz CT molecular complexity index is 462. The molecule has 1 aromatic rings. The Labute approximate surface area is 751 Å². The van der Waals surface area contributed by atoms with Crippen LogP contribution in [-0.4, -0.2) is 23.9 Å². The third-order valence-corrected chi connectivity index (χ3v) is 3.04. The minimum atomic E-state index is 0. The summed E-state index contributed by atoms with van der Waals surface area (Å²) < 4.78 is 2.34. The summed E-state index contributed by atoms with van der Waals surface area (Å²) in [7, 11) is 2.16. The summed E-state index contributed by atoms with van der Waals surface area (Å²) in [6, 6.07) is 7.35. The van der Waals surface area contributed by atoms with Crippen LogP contribution in [0.5, 0.6) is 0 Å². The van der Waals surface area contributed by atoms with Gasteiger partial charge in [-0.3, -0.25) is 0 Å². The molecular formula is C14H16NY21-. The molecule has 141 valence electrons. The fourth-order valence-electron chi connectivity index (χ4n) is 2.18. The molecule has 1 aliphatic heterocycles. The smallest absolute Gasteiger partial charge is 0.142 e. The Morgan fingerprint density at radius 2 is 1.00 bits per heavy atom. The van der Waals surface area contributed by atoms with Crippen LogP contribution in [0.3, 0.4) is 0 Å². The molecule has 0 amide bonds. The number of nitrogens with zero attached hydrogens (tertiary/aromatic N) is 1. The fourth-order valence-corrected chi connectivity index (χ4v) is 2.18. The first kappa shape index (κ1) is 131. The summed E-state index contributed by atoms with van der Waals surface area (Å²) in [5, 5.41) is 0. The van der Waals surface area contributed by atoms with Crippen LogP contribution in [0, 0.1) is 19.6 Å². The zero-order valence-electron chi connectivity index (χ0n) is 21.5. The molecule has 0 N–H and O–H groups in total. The van der Waals surface area contributed by atoms with E-state index in [0.29, 0.717) is 0 Å². The Balaban J connectivity index is -0.00000000677. The zero-order valence-corrected chi connectivity index (χ0v) is 81.1. The Morgan fingerprint density at radius 1 is 0.667 bits per heavy atom. The number of hydrogen-bond donors (Lipinski definition) is 0. The normalized spacial score (nSPS) is 6.61. The number of aryl methyl sites for hydroxylation is 1. The van der Waals surface area contributed by atoms with Crippen molar-refractivity contribution < 1.29 is 691 Å². The maximum Gasteiger partial charge on any atom is 0.142 e. The van der Waals surface area contributed by atoms with Gasteiger partial charge in [-0.05, 0) is 5.56 Å². The molecule has 0 aliphatic carbocycles. The van der Waals surface area contributed by atoms with Gasteiger partial charge < -0.3 is 18.2 Å². The average Bonchev–Trinajstić information content (AvgIpc) is 2.64. The first-order valence-corrected chi connectivity index (χ1v) is 5.37. The summed E-state index contributed by atoms with van der Waals surface area (Å²) in [5.41, 5.74) is 5.01. The number of benzene rings is 1. The quantitative estimate of drug-likeness (QED) is 0.317. The van der Waals surface area contributed by atoms with E-state index in [1.54, 1.807) is 6.08 Å². The van der Waals surface area contributed by atoms with Gasteiger partial charge in [-0.25, -0.2) is 16.7 Å². The predicted octanol–water partition coefficient (Wildman–Crippen LogP) is 2.41. The second-order valence-electron chi connectivity index (χ2n) is 4.12. The molecule has 2 rings (SSSR count). The SMILES string of the molecule is [CH-]=Cc1[c-]cc(C2=[N+](C)CCC2)c(C)c1.[Y].[Y].[Y].[Y].[Y].[Y].[Y].[Y].[Y].[Y].[Y].[Y].[Y].[Y].[Y].[Y].[Y].[Y].[Y].[Y].[Y]. The minimum Gasteiger partial charge on any atom is -0.344 e. The van der Waals surface area contributed by atoms with Gasteiger partial charge in [0.15, 0.2) is 0 Å². The van der Waals surface area contributed by atoms with Crippen molar-refractivity contribution in [2.75, 3.05) is 13.6 Å². The van der Waals surface area contributed by atoms with Crippen LogP contribution in [-0.2, 0) is 687 Å². The summed E-state index contributed by atoms with van der Waals surface area (Å²) in [6.45, 7) is 8.78. The van der Waals surface area contributed by atoms with Crippen LogP contribution in [0.1, 0.15) is 29.5 Å². The molecule has 0 saturated heterocycles. The van der Waals surface area contributed by atoms with Crippen molar-refractivity contribution in [3.05, 3.63) is 41.5 Å². The largest absolute Gasteiger partial charge is 0.344 e. The van der Waals surface area contributed by atoms with Crippen LogP contribution in [0.2, 0.25) is 0 Å². The van der Waals surface area contributed by atoms with Gasteiger partial charge in [-0.15, -0.1) is 5.56 Å². The molecule has 36 heavy (non-hydrogen) atoms. The third kappa shape index (κ3) is 64.9. The molecule has 0 bridgehead atoms. The Hall–Kier alpha value is 21.8. The van der Waals surface area contributed by atoms with Crippen molar-refractivity contribution in [2.45, 2.75) is 19.8 Å². The Morgan fingerprint density at radius 3 is 1.22 bits per heavy atom. The van der Waals surface area contributed by atoms with E-state index in [1.165, 1.54) is 36.2 Å². The van der Waals surface area contributed by atoms with Crippen LogP contribution >= 0.6 is 0 Å². The van der Waals surface area contributed by atoms with Gasteiger partial charge in [0.25, 0.3) is 0 Å². The van der Waals surface area contributed by atoms with Crippen molar-refractivity contribution in [3.63, 3.8) is 0 Å². The van der Waals surface area contributed by atoms with Gasteiger partial charge in [0, 0.05) is 700 Å². The van der Waals surface area contributed by atoms with E-state index in [2.05, 4.69) is 36.7 Å². The van der Waals surface area contributed by atoms with Gasteiger partial charge in [-0.1, -0.05) is 6.92 Å². The summed E-state index contributed by atoms with van der Waals surface area (Å²) in [4.78, 5) is 0. The molecule has 0 fully saturated rings. The average molecular weight is 2070 g/mol. The van der Waals surface area contributed by atoms with Crippen molar-refractivity contribution in [3.8, 4) is 0 Å². The van der Waals surface area contributed by atoms with Crippen molar-refractivity contribution in [2.24, 2.45) is 0 Å². The standard InChI is InChI=1S/C14H16N.21Y/c1-4-12-7-8-13(11(2)10-12)14-6-5-9-15(14)3;;;;;;;;;;;;;;;;;;;;;/h1,4,8,10H,5-6,9H2,2-3H3;;;;;;;;;;;;;;;;;;;;;/q-1;;;;;;;;;;;;;;;;;;;;;. The summed E-state index contributed by atoms with van der Waals surface area (Å²) >= 11 is 0. The molecule has 21 radical (unpaired) electrons. The van der Waals surface area contributed by atoms with Gasteiger partial charge in [0.2, 0.25) is 0 Å². The predicted molar refractivity (Wildman–Crippen MR) is 63.2 cm³/mol. The molecule has 1 aliphatic rings. The monoisotopic (exact) mass is 2070 g/mol. The van der Waals surface area contributed by atoms with Gasteiger partial charge in [0.1, 0.15) is 19.3 Å². The number of hydrogen-bond acceptors (Lipinski definition) is 0. The van der Waals surface area contributed by atoms with Crippen molar-refractivity contribution in [1.82, 2.24) is 0 Å². The van der Waals surface area contributed by atoms with E-state index in [-0.39, 0.29) is 687 Å². The summed E-state index contributed by atoms with van der Waals surface area (Å²) in [6.07, 6.45) is 4.03. The van der Waals surface area contributed by atoms with E-state index in [4.69, 9.17) is 6.58 Å². The van der Waals surface area contributed by atoms with E-state index in [1.807, 2.05) is 0 Å². The third-order valence-electron chi connectivity index (χ3n) is 3.04. The second-order valence-corrected chi connectivity index (χ2v) is 4.12. The molecular weight excluding hydrogens is 2050 g/mol. The Kier molecular flexibility index (Phi) is 334. The molecule has 0 aromatic heterocycles. The topological polar surface area (TPSA) is 3.01 Å². The second kappa shape index (κ2) is 92.2. The molecule has 1 aromatic carbocycles. The van der Waals surface area contributed by atoms with E-state index in [0.717, 1.165) is 5.56 Å².